The second-order valence-electron chi connectivity index (χ2n) is 3.67. The highest BCUT2D eigenvalue weighted by molar-refractivity contribution is 9.26. The molecule has 0 aliphatic heterocycles. The average molecular weight is 489 g/mol. The number of aliphatic hydroxyl groups excluding tert-OH is 1. The highest BCUT2D eigenvalue weighted by Gasteiger charge is 2.54. The number of para-hydroxylation sites is 1. The van der Waals surface area contributed by atoms with Crippen molar-refractivity contribution in [2.75, 3.05) is 13.2 Å². The molecule has 1 atom stereocenters. The Kier molecular flexibility index (Phi) is 7.35. The summed E-state index contributed by atoms with van der Waals surface area (Å²) in [5, 5.41) is 8.93. The maximum atomic E-state index is 11.4. The van der Waals surface area contributed by atoms with Crippen LogP contribution < -0.4 is 4.74 Å². The van der Waals surface area contributed by atoms with Crippen molar-refractivity contribution >= 4 is 53.8 Å². The van der Waals surface area contributed by atoms with Gasteiger partial charge in [-0.15, -0.1) is 0 Å². The molecule has 21 heavy (non-hydrogen) atoms. The fraction of sp³-hybridized carbons (Fsp3) is 0.308. The number of halogens is 3. The van der Waals surface area contributed by atoms with Crippen molar-refractivity contribution in [1.29, 1.82) is 0 Å². The Morgan fingerprint density at radius 2 is 1.90 bits per heavy atom. The van der Waals surface area contributed by atoms with Gasteiger partial charge in [0.05, 0.1) is 13.2 Å². The van der Waals surface area contributed by atoms with Gasteiger partial charge in [-0.1, -0.05) is 24.8 Å². The Balaban J connectivity index is 3.01. The third kappa shape index (κ3) is 5.37. The van der Waals surface area contributed by atoms with Crippen molar-refractivity contribution in [3.05, 3.63) is 43.0 Å². The molecule has 0 radical (unpaired) electrons. The average Bonchev–Trinajstić information content (AvgIpc) is 2.45. The summed E-state index contributed by atoms with van der Waals surface area (Å²) < 4.78 is 13.1. The molecule has 0 aliphatic carbocycles. The van der Waals surface area contributed by atoms with E-state index in [1.807, 2.05) is 6.07 Å². The van der Waals surface area contributed by atoms with Crippen LogP contribution in [0.1, 0.15) is 0 Å². The van der Waals surface area contributed by atoms with Gasteiger partial charge in [0.15, 0.2) is 0 Å². The van der Waals surface area contributed by atoms with E-state index in [0.717, 1.165) is 6.08 Å². The van der Waals surface area contributed by atoms with Crippen LogP contribution in [0, 0.1) is 0 Å². The monoisotopic (exact) mass is 486 g/mol. The van der Waals surface area contributed by atoms with Gasteiger partial charge >= 0.3 is 10.7 Å². The van der Waals surface area contributed by atoms with E-state index in [4.69, 9.17) is 19.3 Å². The van der Waals surface area contributed by atoms with E-state index < -0.39 is 14.1 Å². The number of alkyl halides is 3. The molecular weight excluding hydrogens is 476 g/mol. The summed E-state index contributed by atoms with van der Waals surface area (Å²) in [5.74, 6) is -0.234. The van der Waals surface area contributed by atoms with Crippen LogP contribution in [-0.2, 0) is 14.3 Å². The minimum Gasteiger partial charge on any atom is -0.447 e. The molecule has 0 fully saturated rings. The standard InChI is InChI=1S/C13H13Br3O5/c1-2-11(18)21-12(14,15)13(16,19-9-8-17)20-10-6-4-3-5-7-10/h2-7,17H,1,8-9H2. The molecule has 1 aromatic carbocycles. The summed E-state index contributed by atoms with van der Waals surface area (Å²) in [7, 11) is 0. The van der Waals surface area contributed by atoms with Gasteiger partial charge in [-0.25, -0.2) is 4.79 Å². The fourth-order valence-electron chi connectivity index (χ4n) is 1.22. The second kappa shape index (κ2) is 8.28. The van der Waals surface area contributed by atoms with Crippen molar-refractivity contribution in [3.63, 3.8) is 0 Å². The first-order valence-corrected chi connectivity index (χ1v) is 8.13. The van der Waals surface area contributed by atoms with Crippen LogP contribution in [-0.4, -0.2) is 32.4 Å². The number of carbonyl (C=O) groups is 1. The van der Waals surface area contributed by atoms with Crippen molar-refractivity contribution in [2.45, 2.75) is 8.12 Å². The van der Waals surface area contributed by atoms with Crippen molar-refractivity contribution < 1.29 is 24.1 Å². The van der Waals surface area contributed by atoms with E-state index >= 15 is 0 Å². The summed E-state index contributed by atoms with van der Waals surface area (Å²) in [6.45, 7) is 3.03. The van der Waals surface area contributed by atoms with Crippen LogP contribution in [0.15, 0.2) is 43.0 Å². The van der Waals surface area contributed by atoms with Crippen LogP contribution in [0.3, 0.4) is 0 Å². The minimum atomic E-state index is -1.62. The van der Waals surface area contributed by atoms with Gasteiger partial charge in [-0.2, -0.15) is 0 Å². The van der Waals surface area contributed by atoms with E-state index in [1.165, 1.54) is 0 Å². The molecule has 1 rings (SSSR count). The van der Waals surface area contributed by atoms with Gasteiger partial charge in [0, 0.05) is 22.0 Å². The number of benzene rings is 1. The van der Waals surface area contributed by atoms with E-state index in [-0.39, 0.29) is 13.2 Å². The zero-order valence-electron chi connectivity index (χ0n) is 10.8. The lowest BCUT2D eigenvalue weighted by atomic mass is 10.3. The number of rotatable bonds is 8. The van der Waals surface area contributed by atoms with E-state index in [0.29, 0.717) is 5.75 Å². The van der Waals surface area contributed by atoms with E-state index in [9.17, 15) is 4.79 Å². The summed E-state index contributed by atoms with van der Waals surface area (Å²) in [5.41, 5.74) is 0. The Labute approximate surface area is 147 Å². The first-order chi connectivity index (χ1) is 9.84. The van der Waals surface area contributed by atoms with Crippen molar-refractivity contribution in [3.8, 4) is 5.75 Å². The normalized spacial score (nSPS) is 14.1. The molecule has 0 spiro atoms. The van der Waals surface area contributed by atoms with Gasteiger partial charge in [0.1, 0.15) is 5.75 Å². The lowest BCUT2D eigenvalue weighted by Crippen LogP contribution is -2.50. The van der Waals surface area contributed by atoms with Crippen molar-refractivity contribution in [2.24, 2.45) is 0 Å². The van der Waals surface area contributed by atoms with Crippen molar-refractivity contribution in [1.82, 2.24) is 0 Å². The lowest BCUT2D eigenvalue weighted by Gasteiger charge is -2.37. The van der Waals surface area contributed by atoms with Crippen LogP contribution >= 0.6 is 47.8 Å². The zero-order chi connectivity index (χ0) is 15.9. The Hall–Kier alpha value is -0.410. The third-order valence-electron chi connectivity index (χ3n) is 2.11. The zero-order valence-corrected chi connectivity index (χ0v) is 15.6. The molecule has 0 saturated heterocycles. The van der Waals surface area contributed by atoms with Crippen LogP contribution in [0.5, 0.6) is 5.75 Å². The van der Waals surface area contributed by atoms with Gasteiger partial charge in [-0.05, 0) is 44.0 Å². The molecule has 0 bridgehead atoms. The number of hydrogen-bond acceptors (Lipinski definition) is 5. The number of ether oxygens (including phenoxy) is 3. The van der Waals surface area contributed by atoms with Crippen LogP contribution in [0.25, 0.3) is 0 Å². The fourth-order valence-corrected chi connectivity index (χ4v) is 2.36. The molecule has 8 heteroatoms. The van der Waals surface area contributed by atoms with Gasteiger partial charge in [-0.3, -0.25) is 0 Å². The molecule has 5 nitrogen and oxygen atoms in total. The SMILES string of the molecule is C=CC(=O)OC(Br)(Br)C(Br)(OCCO)Oc1ccccc1. The minimum absolute atomic E-state index is 0.0529. The molecule has 0 saturated carbocycles. The maximum absolute atomic E-state index is 11.4. The highest BCUT2D eigenvalue weighted by atomic mass is 79.9. The highest BCUT2D eigenvalue weighted by Crippen LogP contribution is 2.47. The maximum Gasteiger partial charge on any atom is 0.332 e. The molecule has 0 heterocycles. The van der Waals surface area contributed by atoms with Gasteiger partial charge in [0.25, 0.3) is 3.42 Å². The predicted octanol–water partition coefficient (Wildman–Crippen LogP) is 3.30. The van der Waals surface area contributed by atoms with Gasteiger partial charge in [0.2, 0.25) is 0 Å². The number of hydrogen-bond donors (Lipinski definition) is 1. The molecular formula is C13H13Br3O5. The number of esters is 1. The molecule has 0 aromatic heterocycles. The molecule has 1 unspecified atom stereocenters. The first kappa shape index (κ1) is 18.6. The predicted molar refractivity (Wildman–Crippen MR) is 88.6 cm³/mol. The van der Waals surface area contributed by atoms with Crippen LogP contribution in [0.2, 0.25) is 0 Å². The molecule has 0 amide bonds. The lowest BCUT2D eigenvalue weighted by molar-refractivity contribution is -0.178. The summed E-state index contributed by atoms with van der Waals surface area (Å²) in [6.07, 6.45) is 0.999. The van der Waals surface area contributed by atoms with Crippen LogP contribution in [0.4, 0.5) is 0 Å². The largest absolute Gasteiger partial charge is 0.447 e. The molecule has 0 aliphatic rings. The summed E-state index contributed by atoms with van der Waals surface area (Å²) in [6, 6.07) is 8.77. The Bertz CT molecular complexity index is 480. The van der Waals surface area contributed by atoms with E-state index in [1.54, 1.807) is 24.3 Å². The number of carbonyl (C=O) groups excluding carboxylic acids is 1. The van der Waals surface area contributed by atoms with E-state index in [2.05, 4.69) is 54.4 Å². The quantitative estimate of drug-likeness (QED) is 0.263. The Morgan fingerprint density at radius 1 is 1.29 bits per heavy atom. The summed E-state index contributed by atoms with van der Waals surface area (Å²) in [4.78, 5) is 11.4. The van der Waals surface area contributed by atoms with Gasteiger partial charge < -0.3 is 19.3 Å². The topological polar surface area (TPSA) is 65.0 Å². The summed E-state index contributed by atoms with van der Waals surface area (Å²) >= 11 is 9.60. The smallest absolute Gasteiger partial charge is 0.332 e. The second-order valence-corrected chi connectivity index (χ2v) is 8.01. The number of aliphatic hydroxyl groups is 1. The first-order valence-electron chi connectivity index (χ1n) is 5.75. The Morgan fingerprint density at radius 3 is 2.43 bits per heavy atom. The molecule has 1 aromatic rings. The third-order valence-corrected chi connectivity index (χ3v) is 5.50. The molecule has 1 N–H and O–H groups in total. The molecule has 116 valence electrons.